The summed E-state index contributed by atoms with van der Waals surface area (Å²) < 4.78 is 5.18. The van der Waals surface area contributed by atoms with Crippen LogP contribution in [0.3, 0.4) is 0 Å². The highest BCUT2D eigenvalue weighted by atomic mass is 16.5. The monoisotopic (exact) mass is 279 g/mol. The average Bonchev–Trinajstić information content (AvgIpc) is 3.12. The van der Waals surface area contributed by atoms with Crippen LogP contribution in [0.1, 0.15) is 55.8 Å². The van der Waals surface area contributed by atoms with Gasteiger partial charge in [0.2, 0.25) is 5.91 Å². The molecule has 0 saturated heterocycles. The smallest absolute Gasteiger partial charge is 0.276 e. The molecule has 110 valence electrons. The lowest BCUT2D eigenvalue weighted by Crippen LogP contribution is -2.42. The second kappa shape index (κ2) is 6.07. The fourth-order valence-corrected chi connectivity index (χ4v) is 1.98. The van der Waals surface area contributed by atoms with Crippen molar-refractivity contribution >= 4 is 11.8 Å². The van der Waals surface area contributed by atoms with Gasteiger partial charge in [0, 0.05) is 24.6 Å². The maximum Gasteiger partial charge on any atom is 0.276 e. The lowest BCUT2D eigenvalue weighted by molar-refractivity contribution is -0.122. The van der Waals surface area contributed by atoms with Crippen molar-refractivity contribution in [2.75, 3.05) is 13.1 Å². The first-order valence-electron chi connectivity index (χ1n) is 7.06. The molecule has 2 amide bonds. The van der Waals surface area contributed by atoms with Crippen molar-refractivity contribution in [1.82, 2.24) is 15.4 Å². The van der Waals surface area contributed by atoms with E-state index in [0.29, 0.717) is 12.5 Å². The summed E-state index contributed by atoms with van der Waals surface area (Å²) in [6.45, 7) is 6.10. The third kappa shape index (κ3) is 3.59. The minimum absolute atomic E-state index is 0.0408. The number of carbonyl (C=O) groups is 2. The second-order valence-electron chi connectivity index (χ2n) is 5.43. The van der Waals surface area contributed by atoms with Crippen molar-refractivity contribution < 1.29 is 14.1 Å². The molecule has 1 aromatic heterocycles. The topological polar surface area (TPSA) is 75.4 Å². The molecule has 0 aliphatic heterocycles. The van der Waals surface area contributed by atoms with Gasteiger partial charge in [-0.15, -0.1) is 0 Å². The van der Waals surface area contributed by atoms with Gasteiger partial charge in [0.25, 0.3) is 5.91 Å². The van der Waals surface area contributed by atoms with Gasteiger partial charge in [-0.3, -0.25) is 9.59 Å². The Kier molecular flexibility index (Phi) is 4.42. The molecule has 6 nitrogen and oxygen atoms in total. The summed E-state index contributed by atoms with van der Waals surface area (Å²) in [7, 11) is 0. The van der Waals surface area contributed by atoms with Crippen LogP contribution in [0.15, 0.2) is 10.6 Å². The molecule has 0 aromatic carbocycles. The minimum Gasteiger partial charge on any atom is -0.360 e. The van der Waals surface area contributed by atoms with Crippen LogP contribution in [0.25, 0.3) is 0 Å². The Balaban J connectivity index is 1.98. The fourth-order valence-electron chi connectivity index (χ4n) is 1.98. The zero-order chi connectivity index (χ0) is 14.7. The maximum absolute atomic E-state index is 12.3. The summed E-state index contributed by atoms with van der Waals surface area (Å²) in [5.74, 6) is 0.766. The van der Waals surface area contributed by atoms with Gasteiger partial charge < -0.3 is 14.7 Å². The molecule has 6 heteroatoms. The quantitative estimate of drug-likeness (QED) is 0.857. The van der Waals surface area contributed by atoms with Crippen molar-refractivity contribution in [2.24, 2.45) is 0 Å². The van der Waals surface area contributed by atoms with Crippen LogP contribution in [0.5, 0.6) is 0 Å². The number of nitrogens with zero attached hydrogens (tertiary/aromatic N) is 2. The third-order valence-corrected chi connectivity index (χ3v) is 3.18. The molecule has 1 aromatic rings. The molecule has 0 unspecified atom stereocenters. The first-order chi connectivity index (χ1) is 9.51. The summed E-state index contributed by atoms with van der Waals surface area (Å²) in [6.07, 6.45) is 2.19. The van der Waals surface area contributed by atoms with Crippen molar-refractivity contribution in [3.05, 3.63) is 17.5 Å². The number of hydrogen-bond donors (Lipinski definition) is 1. The Morgan fingerprint density at radius 3 is 2.75 bits per heavy atom. The molecular formula is C14H21N3O3. The largest absolute Gasteiger partial charge is 0.360 e. The van der Waals surface area contributed by atoms with E-state index in [4.69, 9.17) is 4.52 Å². The van der Waals surface area contributed by atoms with Crippen LogP contribution < -0.4 is 5.32 Å². The van der Waals surface area contributed by atoms with Crippen LogP contribution in [0.4, 0.5) is 0 Å². The van der Waals surface area contributed by atoms with Crippen molar-refractivity contribution in [1.29, 1.82) is 0 Å². The number of nitrogens with one attached hydrogen (secondary N) is 1. The van der Waals surface area contributed by atoms with E-state index in [0.717, 1.165) is 18.6 Å². The Bertz CT molecular complexity index is 492. The Morgan fingerprint density at radius 1 is 1.50 bits per heavy atom. The molecule has 0 radical (unpaired) electrons. The predicted molar refractivity (Wildman–Crippen MR) is 73.3 cm³/mol. The van der Waals surface area contributed by atoms with E-state index >= 15 is 0 Å². The average molecular weight is 279 g/mol. The first kappa shape index (κ1) is 14.6. The molecule has 1 fully saturated rings. The van der Waals surface area contributed by atoms with Crippen LogP contribution in [0, 0.1) is 0 Å². The number of likely N-dealkylation sites (N-methyl/N-ethyl adjacent to an activating group) is 1. The Hall–Kier alpha value is -1.85. The van der Waals surface area contributed by atoms with E-state index in [-0.39, 0.29) is 30.1 Å². The van der Waals surface area contributed by atoms with Gasteiger partial charge >= 0.3 is 0 Å². The molecule has 0 spiro atoms. The summed E-state index contributed by atoms with van der Waals surface area (Å²) >= 11 is 0. The highest BCUT2D eigenvalue weighted by Crippen LogP contribution is 2.40. The van der Waals surface area contributed by atoms with Crippen LogP contribution in [0.2, 0.25) is 0 Å². The molecule has 1 aliphatic carbocycles. The van der Waals surface area contributed by atoms with Crippen molar-refractivity contribution in [2.45, 2.75) is 45.6 Å². The number of aromatic nitrogens is 1. The molecule has 2 rings (SSSR count). The maximum atomic E-state index is 12.3. The zero-order valence-corrected chi connectivity index (χ0v) is 12.2. The fraction of sp³-hybridized carbons (Fsp3) is 0.643. The molecular weight excluding hydrogens is 258 g/mol. The van der Waals surface area contributed by atoms with E-state index in [1.54, 1.807) is 6.07 Å². The lowest BCUT2D eigenvalue weighted by Gasteiger charge is -2.19. The number of hydrogen-bond acceptors (Lipinski definition) is 4. The summed E-state index contributed by atoms with van der Waals surface area (Å²) in [5, 5.41) is 6.59. The number of amides is 2. The lowest BCUT2D eigenvalue weighted by atomic mass is 10.2. The van der Waals surface area contributed by atoms with E-state index < -0.39 is 0 Å². The van der Waals surface area contributed by atoms with Gasteiger partial charge in [-0.2, -0.15) is 0 Å². The molecule has 1 saturated carbocycles. The van der Waals surface area contributed by atoms with Gasteiger partial charge in [-0.25, -0.2) is 0 Å². The summed E-state index contributed by atoms with van der Waals surface area (Å²) in [5.41, 5.74) is 0.283. The van der Waals surface area contributed by atoms with Crippen LogP contribution in [-0.2, 0) is 4.79 Å². The van der Waals surface area contributed by atoms with E-state index in [2.05, 4.69) is 10.5 Å². The van der Waals surface area contributed by atoms with Gasteiger partial charge in [0.05, 0.1) is 6.54 Å². The third-order valence-electron chi connectivity index (χ3n) is 3.18. The highest BCUT2D eigenvalue weighted by Gasteiger charge is 2.30. The number of rotatable bonds is 6. The molecule has 20 heavy (non-hydrogen) atoms. The van der Waals surface area contributed by atoms with E-state index in [1.807, 2.05) is 20.8 Å². The highest BCUT2D eigenvalue weighted by molar-refractivity contribution is 5.94. The molecule has 0 bridgehead atoms. The number of carbonyl (C=O) groups excluding carboxylic acids is 2. The Labute approximate surface area is 118 Å². The minimum atomic E-state index is -0.262. The second-order valence-corrected chi connectivity index (χ2v) is 5.43. The van der Waals surface area contributed by atoms with E-state index in [1.165, 1.54) is 4.90 Å². The molecule has 1 N–H and O–H groups in total. The molecule has 0 atom stereocenters. The molecule has 1 aliphatic rings. The SMILES string of the molecule is CCN(CC(=O)NC(C)C)C(=O)c1cc(C2CC2)on1. The van der Waals surface area contributed by atoms with Gasteiger partial charge in [-0.1, -0.05) is 5.16 Å². The normalized spacial score (nSPS) is 14.4. The van der Waals surface area contributed by atoms with Crippen molar-refractivity contribution in [3.63, 3.8) is 0 Å². The predicted octanol–water partition coefficient (Wildman–Crippen LogP) is 1.54. The standard InChI is InChI=1S/C14H21N3O3/c1-4-17(8-13(18)15-9(2)3)14(19)11-7-12(20-16-11)10-5-6-10/h7,9-10H,4-6,8H2,1-3H3,(H,15,18). The zero-order valence-electron chi connectivity index (χ0n) is 12.2. The van der Waals surface area contributed by atoms with Crippen molar-refractivity contribution in [3.8, 4) is 0 Å². The first-order valence-corrected chi connectivity index (χ1v) is 7.06. The summed E-state index contributed by atoms with van der Waals surface area (Å²) in [4.78, 5) is 25.5. The van der Waals surface area contributed by atoms with Gasteiger partial charge in [0.1, 0.15) is 5.76 Å². The Morgan fingerprint density at radius 2 is 2.20 bits per heavy atom. The molecule has 1 heterocycles. The van der Waals surface area contributed by atoms with Gasteiger partial charge in [-0.05, 0) is 33.6 Å². The van der Waals surface area contributed by atoms with E-state index in [9.17, 15) is 9.59 Å². The van der Waals surface area contributed by atoms with Crippen LogP contribution >= 0.6 is 0 Å². The van der Waals surface area contributed by atoms with Crippen LogP contribution in [-0.4, -0.2) is 41.0 Å². The van der Waals surface area contributed by atoms with Gasteiger partial charge in [0.15, 0.2) is 5.69 Å². The summed E-state index contributed by atoms with van der Waals surface area (Å²) in [6, 6.07) is 1.76.